The fourth-order valence-corrected chi connectivity index (χ4v) is 5.01. The fourth-order valence-electron chi connectivity index (χ4n) is 3.90. The van der Waals surface area contributed by atoms with E-state index in [1.54, 1.807) is 18.2 Å². The number of amides is 2. The average molecular weight is 573 g/mol. The number of carbonyl (C=O) groups excluding carboxylic acids is 2. The van der Waals surface area contributed by atoms with Gasteiger partial charge in [0.15, 0.2) is 0 Å². The SMILES string of the molecule is CNC(=O)C(Cc1ccccc1)N(Cc1ccc(Br)cc1)C(=O)CN(c1cccc(C)c1)S(C)(=O)=O. The maximum absolute atomic E-state index is 13.8. The number of nitrogens with zero attached hydrogens (tertiary/aromatic N) is 2. The number of aryl methyl sites for hydroxylation is 1. The van der Waals surface area contributed by atoms with E-state index in [-0.39, 0.29) is 18.9 Å². The van der Waals surface area contributed by atoms with E-state index in [4.69, 9.17) is 0 Å². The van der Waals surface area contributed by atoms with Crippen LogP contribution >= 0.6 is 15.9 Å². The van der Waals surface area contributed by atoms with E-state index in [2.05, 4.69) is 21.2 Å². The van der Waals surface area contributed by atoms with Crippen molar-refractivity contribution in [1.29, 1.82) is 0 Å². The van der Waals surface area contributed by atoms with Gasteiger partial charge in [-0.15, -0.1) is 0 Å². The Balaban J connectivity index is 2.01. The summed E-state index contributed by atoms with van der Waals surface area (Å²) in [6.07, 6.45) is 1.36. The van der Waals surface area contributed by atoms with Crippen molar-refractivity contribution in [2.75, 3.05) is 24.2 Å². The zero-order valence-corrected chi connectivity index (χ0v) is 22.9. The summed E-state index contributed by atoms with van der Waals surface area (Å²) >= 11 is 3.42. The van der Waals surface area contributed by atoms with E-state index in [1.165, 1.54) is 11.9 Å². The molecular weight excluding hydrogens is 542 g/mol. The summed E-state index contributed by atoms with van der Waals surface area (Å²) in [5, 5.41) is 2.67. The molecule has 0 aliphatic heterocycles. The van der Waals surface area contributed by atoms with E-state index in [0.29, 0.717) is 5.69 Å². The van der Waals surface area contributed by atoms with Crippen LogP contribution in [0.5, 0.6) is 0 Å². The van der Waals surface area contributed by atoms with Crippen LogP contribution in [0.3, 0.4) is 0 Å². The topological polar surface area (TPSA) is 86.8 Å². The maximum atomic E-state index is 13.8. The first-order chi connectivity index (χ1) is 17.1. The zero-order valence-electron chi connectivity index (χ0n) is 20.5. The van der Waals surface area contributed by atoms with Crippen molar-refractivity contribution in [3.05, 3.63) is 100 Å². The molecule has 3 rings (SSSR count). The lowest BCUT2D eigenvalue weighted by atomic mass is 10.0. The molecule has 190 valence electrons. The highest BCUT2D eigenvalue weighted by Crippen LogP contribution is 2.21. The molecule has 0 saturated heterocycles. The molecule has 36 heavy (non-hydrogen) atoms. The molecule has 0 heterocycles. The lowest BCUT2D eigenvalue weighted by Crippen LogP contribution is -2.52. The van der Waals surface area contributed by atoms with Gasteiger partial charge in [0.05, 0.1) is 11.9 Å². The molecule has 0 fully saturated rings. The van der Waals surface area contributed by atoms with Gasteiger partial charge >= 0.3 is 0 Å². The van der Waals surface area contributed by atoms with E-state index < -0.39 is 28.5 Å². The van der Waals surface area contributed by atoms with Gasteiger partial charge < -0.3 is 10.2 Å². The monoisotopic (exact) mass is 571 g/mol. The van der Waals surface area contributed by atoms with Crippen molar-refractivity contribution >= 4 is 43.5 Å². The van der Waals surface area contributed by atoms with E-state index in [9.17, 15) is 18.0 Å². The third-order valence-electron chi connectivity index (χ3n) is 5.75. The Morgan fingerprint density at radius 1 is 0.944 bits per heavy atom. The highest BCUT2D eigenvalue weighted by molar-refractivity contribution is 9.10. The van der Waals surface area contributed by atoms with Crippen molar-refractivity contribution in [3.8, 4) is 0 Å². The van der Waals surface area contributed by atoms with Crippen LogP contribution in [0.4, 0.5) is 5.69 Å². The number of halogens is 1. The van der Waals surface area contributed by atoms with E-state index >= 15 is 0 Å². The maximum Gasteiger partial charge on any atom is 0.244 e. The van der Waals surface area contributed by atoms with Crippen molar-refractivity contribution in [1.82, 2.24) is 10.2 Å². The first kappa shape index (κ1) is 27.4. The molecular formula is C27H30BrN3O4S. The second kappa shape index (κ2) is 12.2. The summed E-state index contributed by atoms with van der Waals surface area (Å²) in [5.74, 6) is -0.805. The van der Waals surface area contributed by atoms with E-state index in [0.717, 1.165) is 31.7 Å². The summed E-state index contributed by atoms with van der Waals surface area (Å²) in [6.45, 7) is 1.57. The van der Waals surface area contributed by atoms with Crippen molar-refractivity contribution in [3.63, 3.8) is 0 Å². The van der Waals surface area contributed by atoms with Gasteiger partial charge in [-0.1, -0.05) is 70.5 Å². The van der Waals surface area contributed by atoms with Crippen molar-refractivity contribution in [2.24, 2.45) is 0 Å². The normalized spacial score (nSPS) is 12.0. The molecule has 3 aromatic rings. The van der Waals surface area contributed by atoms with Crippen LogP contribution in [0.25, 0.3) is 0 Å². The van der Waals surface area contributed by atoms with Crippen LogP contribution in [-0.2, 0) is 32.6 Å². The van der Waals surface area contributed by atoms with Crippen molar-refractivity contribution < 1.29 is 18.0 Å². The Morgan fingerprint density at radius 2 is 1.61 bits per heavy atom. The summed E-state index contributed by atoms with van der Waals surface area (Å²) in [7, 11) is -2.25. The number of hydrogen-bond acceptors (Lipinski definition) is 4. The number of hydrogen-bond donors (Lipinski definition) is 1. The van der Waals surface area contributed by atoms with Crippen LogP contribution in [0.15, 0.2) is 83.3 Å². The van der Waals surface area contributed by atoms with Crippen molar-refractivity contribution in [2.45, 2.75) is 25.9 Å². The first-order valence-electron chi connectivity index (χ1n) is 11.4. The van der Waals surface area contributed by atoms with Gasteiger partial charge in [0.2, 0.25) is 21.8 Å². The molecule has 1 N–H and O–H groups in total. The van der Waals surface area contributed by atoms with Gasteiger partial charge in [-0.2, -0.15) is 0 Å². The zero-order chi connectivity index (χ0) is 26.3. The van der Waals surface area contributed by atoms with Gasteiger partial charge in [-0.25, -0.2) is 8.42 Å². The number of likely N-dealkylation sites (N-methyl/N-ethyl adjacent to an activating group) is 1. The minimum Gasteiger partial charge on any atom is -0.357 e. The molecule has 0 radical (unpaired) electrons. The van der Waals surface area contributed by atoms with Gasteiger partial charge in [-0.3, -0.25) is 13.9 Å². The minimum absolute atomic E-state index is 0.141. The Hall–Kier alpha value is -3.17. The lowest BCUT2D eigenvalue weighted by molar-refractivity contribution is -0.139. The number of carbonyl (C=O) groups is 2. The Morgan fingerprint density at radius 3 is 2.19 bits per heavy atom. The molecule has 0 saturated carbocycles. The largest absolute Gasteiger partial charge is 0.357 e. The Bertz CT molecular complexity index is 1300. The summed E-state index contributed by atoms with van der Waals surface area (Å²) in [4.78, 5) is 28.3. The number of benzene rings is 3. The van der Waals surface area contributed by atoms with Gasteiger partial charge in [-0.05, 0) is 47.9 Å². The third-order valence-corrected chi connectivity index (χ3v) is 7.42. The molecule has 0 bridgehead atoms. The van der Waals surface area contributed by atoms with Crippen LogP contribution in [-0.4, -0.2) is 51.0 Å². The smallest absolute Gasteiger partial charge is 0.244 e. The quantitative estimate of drug-likeness (QED) is 0.399. The van der Waals surface area contributed by atoms with Gasteiger partial charge in [0, 0.05) is 24.5 Å². The molecule has 3 aromatic carbocycles. The van der Waals surface area contributed by atoms with Crippen LogP contribution < -0.4 is 9.62 Å². The minimum atomic E-state index is -3.77. The standard InChI is InChI=1S/C27H30BrN3O4S/c1-20-8-7-11-24(16-20)31(36(3,34)35)19-26(32)30(18-22-12-14-23(28)15-13-22)25(27(33)29-2)17-21-9-5-4-6-10-21/h4-16,25H,17-19H2,1-3H3,(H,29,33). The molecule has 9 heteroatoms. The lowest BCUT2D eigenvalue weighted by Gasteiger charge is -2.33. The van der Waals surface area contributed by atoms with Gasteiger partial charge in [0.25, 0.3) is 0 Å². The number of anilines is 1. The summed E-state index contributed by atoms with van der Waals surface area (Å²) in [5.41, 5.74) is 2.97. The molecule has 0 aliphatic rings. The predicted octanol–water partition coefficient (Wildman–Crippen LogP) is 3.91. The Labute approximate surface area is 221 Å². The number of rotatable bonds is 10. The second-order valence-corrected chi connectivity index (χ2v) is 11.4. The predicted molar refractivity (Wildman–Crippen MR) is 146 cm³/mol. The molecule has 0 aromatic heterocycles. The highest BCUT2D eigenvalue weighted by atomic mass is 79.9. The molecule has 2 amide bonds. The van der Waals surface area contributed by atoms with Gasteiger partial charge in [0.1, 0.15) is 12.6 Å². The third kappa shape index (κ3) is 7.41. The molecule has 1 atom stereocenters. The fraction of sp³-hybridized carbons (Fsp3) is 0.259. The Kier molecular flexibility index (Phi) is 9.28. The van der Waals surface area contributed by atoms with Crippen LogP contribution in [0.2, 0.25) is 0 Å². The number of nitrogens with one attached hydrogen (secondary N) is 1. The summed E-state index contributed by atoms with van der Waals surface area (Å²) < 4.78 is 27.4. The molecule has 1 unspecified atom stereocenters. The average Bonchev–Trinajstić information content (AvgIpc) is 2.85. The first-order valence-corrected chi connectivity index (χ1v) is 14.1. The molecule has 0 aliphatic carbocycles. The van der Waals surface area contributed by atoms with E-state index in [1.807, 2.05) is 67.6 Å². The second-order valence-electron chi connectivity index (χ2n) is 8.58. The van der Waals surface area contributed by atoms with Crippen LogP contribution in [0, 0.1) is 6.92 Å². The summed E-state index contributed by atoms with van der Waals surface area (Å²) in [6, 6.07) is 23.0. The highest BCUT2D eigenvalue weighted by Gasteiger charge is 2.32. The van der Waals surface area contributed by atoms with Crippen LogP contribution in [0.1, 0.15) is 16.7 Å². The molecule has 0 spiro atoms. The molecule has 7 nitrogen and oxygen atoms in total. The number of sulfonamides is 1.